The van der Waals surface area contributed by atoms with E-state index in [0.717, 1.165) is 15.9 Å². The quantitative estimate of drug-likeness (QED) is 0.137. The van der Waals surface area contributed by atoms with Gasteiger partial charge in [-0.25, -0.2) is 9.59 Å². The number of aromatic nitrogens is 1. The molecule has 4 aromatic carbocycles. The first-order valence-corrected chi connectivity index (χ1v) is 15.9. The molecule has 1 amide bonds. The summed E-state index contributed by atoms with van der Waals surface area (Å²) in [6.07, 6.45) is -0.587. The van der Waals surface area contributed by atoms with Crippen molar-refractivity contribution < 1.29 is 38.1 Å². The maximum atomic E-state index is 14.3. The number of pyridine rings is 1. The van der Waals surface area contributed by atoms with Gasteiger partial charge in [0.25, 0.3) is 5.56 Å². The lowest BCUT2D eigenvalue weighted by Gasteiger charge is -2.21. The number of nitrogens with zero attached hydrogens (tertiary/aromatic N) is 1. The Labute approximate surface area is 302 Å². The fourth-order valence-electron chi connectivity index (χ4n) is 5.36. The van der Waals surface area contributed by atoms with Gasteiger partial charge in [0, 0.05) is 16.8 Å². The average molecular weight is 717 g/mol. The molecule has 0 fully saturated rings. The van der Waals surface area contributed by atoms with Gasteiger partial charge in [-0.1, -0.05) is 42.5 Å². The minimum atomic E-state index is -0.793. The van der Waals surface area contributed by atoms with Crippen molar-refractivity contribution in [3.63, 3.8) is 0 Å². The molecule has 0 bridgehead atoms. The van der Waals surface area contributed by atoms with Crippen molar-refractivity contribution in [2.45, 2.75) is 46.5 Å². The Hall–Kier alpha value is -5.68. The zero-order valence-corrected chi connectivity index (χ0v) is 30.3. The van der Waals surface area contributed by atoms with E-state index in [2.05, 4.69) is 5.32 Å². The van der Waals surface area contributed by atoms with Gasteiger partial charge in [0.2, 0.25) is 0 Å². The summed E-state index contributed by atoms with van der Waals surface area (Å²) in [5.74, 6) is 0.697. The van der Waals surface area contributed by atoms with Crippen LogP contribution < -0.4 is 29.9 Å². The number of halogens is 1. The summed E-state index contributed by atoms with van der Waals surface area (Å²) in [4.78, 5) is 46.2. The number of hydrogen-bond donors (Lipinski definition) is 1. The number of rotatable bonds is 11. The highest BCUT2D eigenvalue weighted by atomic mass is 35.5. The van der Waals surface area contributed by atoms with Gasteiger partial charge in [-0.05, 0) is 92.2 Å². The van der Waals surface area contributed by atoms with Crippen molar-refractivity contribution >= 4 is 40.9 Å². The molecule has 51 heavy (non-hydrogen) atoms. The lowest BCUT2D eigenvalue weighted by Crippen LogP contribution is -2.33. The topological polar surface area (TPSA) is 124 Å². The second-order valence-corrected chi connectivity index (χ2v) is 12.4. The number of esters is 1. The molecule has 0 saturated carbocycles. The van der Waals surface area contributed by atoms with Crippen molar-refractivity contribution in [1.29, 1.82) is 0 Å². The molecule has 1 heterocycles. The molecule has 0 atom stereocenters. The second-order valence-electron chi connectivity index (χ2n) is 12.4. The van der Waals surface area contributed by atoms with Crippen LogP contribution >= 0.6 is 12.4 Å². The molecule has 5 aromatic rings. The van der Waals surface area contributed by atoms with Crippen LogP contribution in [0.15, 0.2) is 89.7 Å². The van der Waals surface area contributed by atoms with Crippen molar-refractivity contribution in [2.24, 2.45) is 0 Å². The number of anilines is 1. The largest absolute Gasteiger partial charge is 0.496 e. The van der Waals surface area contributed by atoms with Crippen molar-refractivity contribution in [1.82, 2.24) is 4.73 Å². The summed E-state index contributed by atoms with van der Waals surface area (Å²) in [7, 11) is 4.32. The minimum absolute atomic E-state index is 0. The summed E-state index contributed by atoms with van der Waals surface area (Å²) in [6.45, 7) is 7.37. The van der Waals surface area contributed by atoms with E-state index in [1.165, 1.54) is 7.11 Å². The third-order valence-electron chi connectivity index (χ3n) is 7.74. The van der Waals surface area contributed by atoms with E-state index >= 15 is 0 Å². The van der Waals surface area contributed by atoms with Crippen LogP contribution in [0.1, 0.15) is 48.0 Å². The molecule has 1 N–H and O–H groups in total. The maximum Gasteiger partial charge on any atom is 0.412 e. The summed E-state index contributed by atoms with van der Waals surface area (Å²) in [5.41, 5.74) is 2.41. The second kappa shape index (κ2) is 16.4. The molecule has 0 radical (unpaired) electrons. The molecule has 1 aromatic heterocycles. The van der Waals surface area contributed by atoms with Gasteiger partial charge in [0.1, 0.15) is 36.1 Å². The van der Waals surface area contributed by atoms with E-state index in [1.807, 2.05) is 37.3 Å². The Balaban J connectivity index is 0.00000583. The molecular formula is C39H41ClN2O9. The van der Waals surface area contributed by atoms with Gasteiger partial charge < -0.3 is 28.5 Å². The van der Waals surface area contributed by atoms with Crippen LogP contribution in [0.4, 0.5) is 10.5 Å². The van der Waals surface area contributed by atoms with Gasteiger partial charge >= 0.3 is 12.1 Å². The number of carbonyl (C=O) groups is 2. The number of methoxy groups -OCH3 is 3. The number of ether oxygens (including phenoxy) is 5. The first-order valence-electron chi connectivity index (χ1n) is 15.9. The molecule has 12 heteroatoms. The highest BCUT2D eigenvalue weighted by molar-refractivity contribution is 6.07. The fourth-order valence-corrected chi connectivity index (χ4v) is 5.36. The van der Waals surface area contributed by atoms with Crippen LogP contribution in [-0.2, 0) is 22.7 Å². The highest BCUT2D eigenvalue weighted by Gasteiger charge is 2.27. The molecule has 0 aliphatic rings. The van der Waals surface area contributed by atoms with Crippen LogP contribution in [0, 0.1) is 6.92 Å². The third-order valence-corrected chi connectivity index (χ3v) is 7.74. The van der Waals surface area contributed by atoms with E-state index in [9.17, 15) is 14.4 Å². The van der Waals surface area contributed by atoms with Gasteiger partial charge in [-0.15, -0.1) is 17.1 Å². The van der Waals surface area contributed by atoms with E-state index in [4.69, 9.17) is 28.5 Å². The first-order chi connectivity index (χ1) is 23.9. The Morgan fingerprint density at radius 1 is 0.784 bits per heavy atom. The zero-order chi connectivity index (χ0) is 36.0. The molecule has 0 spiro atoms. The van der Waals surface area contributed by atoms with Gasteiger partial charge in [-0.3, -0.25) is 10.1 Å². The summed E-state index contributed by atoms with van der Waals surface area (Å²) >= 11 is 0. The average Bonchev–Trinajstić information content (AvgIpc) is 3.10. The monoisotopic (exact) mass is 716 g/mol. The predicted molar refractivity (Wildman–Crippen MR) is 197 cm³/mol. The first kappa shape index (κ1) is 38.1. The smallest absolute Gasteiger partial charge is 0.412 e. The van der Waals surface area contributed by atoms with Crippen LogP contribution in [-0.4, -0.2) is 43.7 Å². The Morgan fingerprint density at radius 2 is 1.41 bits per heavy atom. The normalized spacial score (nSPS) is 10.9. The lowest BCUT2D eigenvalue weighted by molar-refractivity contribution is 0.0466. The summed E-state index contributed by atoms with van der Waals surface area (Å²) in [5, 5.41) is 3.39. The van der Waals surface area contributed by atoms with Gasteiger partial charge in [-0.2, -0.15) is 0 Å². The molecule has 11 nitrogen and oxygen atoms in total. The van der Waals surface area contributed by atoms with Gasteiger partial charge in [0.05, 0.1) is 26.7 Å². The molecule has 0 saturated heterocycles. The Bertz CT molecular complexity index is 2050. The number of fused-ring (bicyclic) bond motifs is 1. The van der Waals surface area contributed by atoms with E-state index < -0.39 is 23.2 Å². The van der Waals surface area contributed by atoms with Crippen LogP contribution in [0.5, 0.6) is 17.2 Å². The van der Waals surface area contributed by atoms with E-state index in [1.54, 1.807) is 89.6 Å². The number of carbonyl (C=O) groups excluding carboxylic acids is 2. The van der Waals surface area contributed by atoms with Crippen LogP contribution in [0.25, 0.3) is 21.9 Å². The zero-order valence-electron chi connectivity index (χ0n) is 29.5. The van der Waals surface area contributed by atoms with Crippen LogP contribution in [0.2, 0.25) is 0 Å². The SMILES string of the molecule is COC(=O)c1c(-c2cc(OC)c(C)c(OC)c2)c2ccc(OCc3ccccc3)cc2c(=O)n1OCc1ccc(NC(=O)OC(C)(C)C)cc1.Cl. The molecule has 268 valence electrons. The van der Waals surface area contributed by atoms with E-state index in [0.29, 0.717) is 45.0 Å². The molecule has 5 rings (SSSR count). The van der Waals surface area contributed by atoms with Crippen molar-refractivity contribution in [3.05, 3.63) is 118 Å². The number of benzene rings is 4. The number of amides is 1. The summed E-state index contributed by atoms with van der Waals surface area (Å²) < 4.78 is 28.8. The lowest BCUT2D eigenvalue weighted by atomic mass is 9.95. The number of hydrogen-bond acceptors (Lipinski definition) is 9. The Morgan fingerprint density at radius 3 is 2.00 bits per heavy atom. The predicted octanol–water partition coefficient (Wildman–Crippen LogP) is 7.76. The molecule has 0 aliphatic heterocycles. The summed E-state index contributed by atoms with van der Waals surface area (Å²) in [6, 6.07) is 25.1. The third kappa shape index (κ3) is 8.92. The van der Waals surface area contributed by atoms with Crippen LogP contribution in [0.3, 0.4) is 0 Å². The van der Waals surface area contributed by atoms with Crippen molar-refractivity contribution in [3.8, 4) is 28.4 Å². The molecular weight excluding hydrogens is 676 g/mol. The molecule has 0 unspecified atom stereocenters. The molecule has 0 aliphatic carbocycles. The fraction of sp³-hybridized carbons (Fsp3) is 0.256. The van der Waals surface area contributed by atoms with Gasteiger partial charge in [0.15, 0.2) is 5.69 Å². The standard InChI is InChI=1S/C39H40N2O9.ClH/c1-24-32(45-5)19-27(20-33(24)46-6)34-30-18-17-29(48-22-25-11-9-8-10-12-25)21-31(30)36(42)41(35(34)37(43)47-7)49-23-26-13-15-28(16-14-26)40-38(44)50-39(2,3)4;/h8-21H,22-23H2,1-7H3,(H,40,44);1H. The highest BCUT2D eigenvalue weighted by Crippen LogP contribution is 2.39. The van der Waals surface area contributed by atoms with Crippen molar-refractivity contribution in [2.75, 3.05) is 26.6 Å². The maximum absolute atomic E-state index is 14.3. The Kier molecular flexibility index (Phi) is 12.2. The van der Waals surface area contributed by atoms with E-state index in [-0.39, 0.29) is 36.7 Å². The number of nitrogens with one attached hydrogen (secondary N) is 1. The minimum Gasteiger partial charge on any atom is -0.496 e.